The number of carbonyl (C=O) groups excluding carboxylic acids is 1. The number of fused-ring (bicyclic) bond motifs is 1. The van der Waals surface area contributed by atoms with E-state index in [4.69, 9.17) is 5.11 Å². The molecule has 0 saturated heterocycles. The van der Waals surface area contributed by atoms with E-state index in [0.29, 0.717) is 18.9 Å². The fourth-order valence-electron chi connectivity index (χ4n) is 3.25. The van der Waals surface area contributed by atoms with Gasteiger partial charge in [-0.2, -0.15) is 0 Å². The summed E-state index contributed by atoms with van der Waals surface area (Å²) >= 11 is 0. The van der Waals surface area contributed by atoms with E-state index < -0.39 is 5.97 Å². The minimum atomic E-state index is -0.942. The van der Waals surface area contributed by atoms with Crippen molar-refractivity contribution in [2.75, 3.05) is 0 Å². The van der Waals surface area contributed by atoms with Gasteiger partial charge >= 0.3 is 5.97 Å². The van der Waals surface area contributed by atoms with Crippen LogP contribution in [0, 0.1) is 5.92 Å². The second kappa shape index (κ2) is 7.30. The number of benzene rings is 2. The average Bonchev–Trinajstić information content (AvgIpc) is 2.60. The van der Waals surface area contributed by atoms with Crippen molar-refractivity contribution < 1.29 is 14.7 Å². The molecule has 1 aliphatic carbocycles. The zero-order valence-electron chi connectivity index (χ0n) is 13.5. The molecule has 4 nitrogen and oxygen atoms in total. The number of carboxylic acid groups (broad SMARTS) is 1. The second-order valence-corrected chi connectivity index (χ2v) is 6.36. The maximum Gasteiger partial charge on any atom is 0.335 e. The fourth-order valence-corrected chi connectivity index (χ4v) is 3.25. The number of carbonyl (C=O) groups is 2. The Kier molecular flexibility index (Phi) is 4.94. The van der Waals surface area contributed by atoms with Crippen molar-refractivity contribution in [2.24, 2.45) is 5.92 Å². The molecule has 24 heavy (non-hydrogen) atoms. The third-order valence-corrected chi connectivity index (χ3v) is 4.61. The highest BCUT2D eigenvalue weighted by molar-refractivity contribution is 5.87. The van der Waals surface area contributed by atoms with Gasteiger partial charge in [-0.05, 0) is 54.0 Å². The number of carboxylic acids is 1. The number of nitrogens with one attached hydrogen (secondary N) is 1. The first-order valence-corrected chi connectivity index (χ1v) is 8.27. The maximum atomic E-state index is 12.2. The first kappa shape index (κ1) is 16.2. The van der Waals surface area contributed by atoms with Crippen LogP contribution in [0.15, 0.2) is 48.5 Å². The van der Waals surface area contributed by atoms with Crippen molar-refractivity contribution in [3.05, 3.63) is 70.8 Å². The van der Waals surface area contributed by atoms with Crippen LogP contribution in [0.2, 0.25) is 0 Å². The van der Waals surface area contributed by atoms with Crippen molar-refractivity contribution in [3.8, 4) is 0 Å². The van der Waals surface area contributed by atoms with Crippen LogP contribution < -0.4 is 5.32 Å². The lowest BCUT2D eigenvalue weighted by atomic mass is 9.82. The molecule has 0 bridgehead atoms. The van der Waals surface area contributed by atoms with Gasteiger partial charge in [0.1, 0.15) is 0 Å². The monoisotopic (exact) mass is 323 g/mol. The van der Waals surface area contributed by atoms with Crippen LogP contribution in [0.3, 0.4) is 0 Å². The van der Waals surface area contributed by atoms with Gasteiger partial charge in [-0.15, -0.1) is 0 Å². The Bertz CT molecular complexity index is 737. The van der Waals surface area contributed by atoms with Gasteiger partial charge in [-0.3, -0.25) is 4.79 Å². The lowest BCUT2D eigenvalue weighted by Gasteiger charge is -2.24. The first-order chi connectivity index (χ1) is 11.6. The molecule has 0 spiro atoms. The van der Waals surface area contributed by atoms with E-state index in [1.165, 1.54) is 11.1 Å². The van der Waals surface area contributed by atoms with Crippen LogP contribution in [-0.4, -0.2) is 17.0 Å². The van der Waals surface area contributed by atoms with Crippen LogP contribution >= 0.6 is 0 Å². The quantitative estimate of drug-likeness (QED) is 0.888. The molecule has 1 unspecified atom stereocenters. The fraction of sp³-hybridized carbons (Fsp3) is 0.300. The smallest absolute Gasteiger partial charge is 0.335 e. The standard InChI is InChI=1S/C20H21NO3/c22-19(21-13-14-5-9-17(10-6-14)20(23)24)12-15-7-8-16-3-1-2-4-18(16)11-15/h1-6,9-10,15H,7-8,11-13H2,(H,21,22)(H,23,24). The van der Waals surface area contributed by atoms with E-state index in [0.717, 1.165) is 24.8 Å². The van der Waals surface area contributed by atoms with Crippen molar-refractivity contribution in [2.45, 2.75) is 32.2 Å². The Morgan fingerprint density at radius 3 is 2.46 bits per heavy atom. The summed E-state index contributed by atoms with van der Waals surface area (Å²) in [5, 5.41) is 11.8. The highest BCUT2D eigenvalue weighted by Gasteiger charge is 2.20. The SMILES string of the molecule is O=C(CC1CCc2ccccc2C1)NCc1ccc(C(=O)O)cc1. The highest BCUT2D eigenvalue weighted by Crippen LogP contribution is 2.27. The summed E-state index contributed by atoms with van der Waals surface area (Å²) in [7, 11) is 0. The topological polar surface area (TPSA) is 66.4 Å². The van der Waals surface area contributed by atoms with Crippen LogP contribution in [0.25, 0.3) is 0 Å². The van der Waals surface area contributed by atoms with Gasteiger partial charge in [0.15, 0.2) is 0 Å². The highest BCUT2D eigenvalue weighted by atomic mass is 16.4. The third kappa shape index (κ3) is 4.02. The molecule has 124 valence electrons. The van der Waals surface area contributed by atoms with Crippen LogP contribution in [0.5, 0.6) is 0 Å². The molecule has 2 aromatic carbocycles. The minimum Gasteiger partial charge on any atom is -0.478 e. The molecule has 1 aliphatic rings. The normalized spacial score (nSPS) is 16.2. The van der Waals surface area contributed by atoms with E-state index in [9.17, 15) is 9.59 Å². The van der Waals surface area contributed by atoms with E-state index in [1.54, 1.807) is 24.3 Å². The second-order valence-electron chi connectivity index (χ2n) is 6.36. The summed E-state index contributed by atoms with van der Waals surface area (Å²) in [4.78, 5) is 23.0. The van der Waals surface area contributed by atoms with E-state index in [2.05, 4.69) is 29.6 Å². The molecule has 1 atom stereocenters. The van der Waals surface area contributed by atoms with E-state index in [1.807, 2.05) is 0 Å². The summed E-state index contributed by atoms with van der Waals surface area (Å²) in [6.45, 7) is 0.433. The van der Waals surface area contributed by atoms with Gasteiger partial charge in [-0.1, -0.05) is 36.4 Å². The number of aryl methyl sites for hydroxylation is 1. The molecule has 0 fully saturated rings. The summed E-state index contributed by atoms with van der Waals surface area (Å²) in [5.74, 6) is -0.487. The zero-order valence-corrected chi connectivity index (χ0v) is 13.5. The molecule has 0 heterocycles. The first-order valence-electron chi connectivity index (χ1n) is 8.27. The predicted octanol–water partition coefficient (Wildman–Crippen LogP) is 3.20. The third-order valence-electron chi connectivity index (χ3n) is 4.61. The summed E-state index contributed by atoms with van der Waals surface area (Å²) < 4.78 is 0. The predicted molar refractivity (Wildman–Crippen MR) is 91.8 cm³/mol. The minimum absolute atomic E-state index is 0.0571. The molecule has 0 aliphatic heterocycles. The van der Waals surface area contributed by atoms with Crippen LogP contribution in [0.4, 0.5) is 0 Å². The number of amides is 1. The van der Waals surface area contributed by atoms with Crippen molar-refractivity contribution in [1.29, 1.82) is 0 Å². The average molecular weight is 323 g/mol. The summed E-state index contributed by atoms with van der Waals surface area (Å²) in [5.41, 5.74) is 3.94. The Balaban J connectivity index is 1.49. The van der Waals surface area contributed by atoms with Gasteiger partial charge in [-0.25, -0.2) is 4.79 Å². The Labute approximate surface area is 141 Å². The van der Waals surface area contributed by atoms with Crippen molar-refractivity contribution in [3.63, 3.8) is 0 Å². The molecule has 3 rings (SSSR count). The lowest BCUT2D eigenvalue weighted by molar-refractivity contribution is -0.122. The van der Waals surface area contributed by atoms with Gasteiger partial charge in [0.2, 0.25) is 5.91 Å². The van der Waals surface area contributed by atoms with E-state index in [-0.39, 0.29) is 11.5 Å². The molecule has 0 radical (unpaired) electrons. The van der Waals surface area contributed by atoms with Crippen LogP contribution in [0.1, 0.15) is 39.9 Å². The lowest BCUT2D eigenvalue weighted by Crippen LogP contribution is -2.27. The number of hydrogen-bond acceptors (Lipinski definition) is 2. The van der Waals surface area contributed by atoms with Crippen LogP contribution in [-0.2, 0) is 24.2 Å². The Morgan fingerprint density at radius 2 is 1.75 bits per heavy atom. The summed E-state index contributed by atoms with van der Waals surface area (Å²) in [6, 6.07) is 15.0. The Hall–Kier alpha value is -2.62. The van der Waals surface area contributed by atoms with Gasteiger partial charge in [0, 0.05) is 13.0 Å². The Morgan fingerprint density at radius 1 is 1.04 bits per heavy atom. The largest absolute Gasteiger partial charge is 0.478 e. The van der Waals surface area contributed by atoms with Gasteiger partial charge < -0.3 is 10.4 Å². The molecule has 0 aromatic heterocycles. The molecule has 4 heteroatoms. The molecular formula is C20H21NO3. The molecular weight excluding hydrogens is 302 g/mol. The van der Waals surface area contributed by atoms with Crippen molar-refractivity contribution >= 4 is 11.9 Å². The zero-order chi connectivity index (χ0) is 16.9. The molecule has 2 aromatic rings. The maximum absolute atomic E-state index is 12.2. The number of rotatable bonds is 5. The van der Waals surface area contributed by atoms with Gasteiger partial charge in [0.05, 0.1) is 5.56 Å². The number of hydrogen-bond donors (Lipinski definition) is 2. The molecule has 0 saturated carbocycles. The molecule has 2 N–H and O–H groups in total. The number of aromatic carboxylic acids is 1. The molecule has 1 amide bonds. The summed E-state index contributed by atoms with van der Waals surface area (Å²) in [6.07, 6.45) is 3.61. The van der Waals surface area contributed by atoms with E-state index >= 15 is 0 Å². The van der Waals surface area contributed by atoms with Crippen molar-refractivity contribution in [1.82, 2.24) is 5.32 Å². The van der Waals surface area contributed by atoms with Gasteiger partial charge in [0.25, 0.3) is 0 Å².